The summed E-state index contributed by atoms with van der Waals surface area (Å²) in [6.45, 7) is 0. The summed E-state index contributed by atoms with van der Waals surface area (Å²) in [5, 5.41) is 14.0. The Morgan fingerprint density at radius 2 is 0.818 bits per heavy atom. The maximum absolute atomic E-state index is 10.4. The minimum Gasteiger partial charge on any atom is -1.00 e. The zero-order chi connectivity index (χ0) is 14.5. The first-order chi connectivity index (χ1) is 10.4. The first-order valence-electron chi connectivity index (χ1n) is 7.04. The lowest BCUT2D eigenvalue weighted by Crippen LogP contribution is -3.00. The molecule has 22 heavy (non-hydrogen) atoms. The summed E-state index contributed by atoms with van der Waals surface area (Å²) >= 11 is 0. The van der Waals surface area contributed by atoms with Gasteiger partial charge in [0.15, 0.2) is 6.35 Å². The van der Waals surface area contributed by atoms with Crippen molar-refractivity contribution in [1.29, 1.82) is 0 Å². The van der Waals surface area contributed by atoms with E-state index in [1.807, 2.05) is 54.6 Å². The van der Waals surface area contributed by atoms with Crippen LogP contribution in [0.3, 0.4) is 0 Å². The van der Waals surface area contributed by atoms with Crippen LogP contribution in [-0.4, -0.2) is 11.5 Å². The van der Waals surface area contributed by atoms with Gasteiger partial charge < -0.3 is 17.5 Å². The number of benzene rings is 3. The molecule has 0 aliphatic heterocycles. The fourth-order valence-corrected chi connectivity index (χ4v) is 6.17. The lowest BCUT2D eigenvalue weighted by atomic mass is 10.4. The van der Waals surface area contributed by atoms with E-state index in [2.05, 4.69) is 36.4 Å². The highest BCUT2D eigenvalue weighted by Gasteiger charge is 2.44. The molecule has 0 unspecified atom stereocenters. The van der Waals surface area contributed by atoms with Crippen molar-refractivity contribution in [2.24, 2.45) is 0 Å². The molecule has 0 radical (unpaired) electrons. The van der Waals surface area contributed by atoms with Crippen molar-refractivity contribution < 1.29 is 17.5 Å². The van der Waals surface area contributed by atoms with Crippen molar-refractivity contribution in [3.8, 4) is 0 Å². The molecule has 3 heteroatoms. The highest BCUT2D eigenvalue weighted by atomic mass is 35.5. The Kier molecular flexibility index (Phi) is 5.74. The molecule has 0 aromatic heterocycles. The van der Waals surface area contributed by atoms with Gasteiger partial charge in [-0.3, -0.25) is 0 Å². The fraction of sp³-hybridized carbons (Fsp3) is 0.0526. The van der Waals surface area contributed by atoms with E-state index in [9.17, 15) is 5.11 Å². The number of hydrogen-bond donors (Lipinski definition) is 1. The van der Waals surface area contributed by atoms with Gasteiger partial charge in [-0.1, -0.05) is 54.6 Å². The molecule has 0 aliphatic carbocycles. The quantitative estimate of drug-likeness (QED) is 0.665. The van der Waals surface area contributed by atoms with E-state index < -0.39 is 7.26 Å². The summed E-state index contributed by atoms with van der Waals surface area (Å²) in [4.78, 5) is 0. The Hall–Kier alpha value is -1.66. The number of halogens is 1. The minimum atomic E-state index is -1.98. The van der Waals surface area contributed by atoms with Crippen LogP contribution in [-0.2, 0) is 0 Å². The Balaban J connectivity index is 0.00000176. The van der Waals surface area contributed by atoms with Crippen molar-refractivity contribution in [2.75, 3.05) is 6.35 Å². The molecule has 3 aromatic rings. The van der Waals surface area contributed by atoms with Crippen molar-refractivity contribution >= 4 is 23.2 Å². The first kappa shape index (κ1) is 16.7. The Bertz CT molecular complexity index is 590. The van der Waals surface area contributed by atoms with Crippen LogP contribution in [0.1, 0.15) is 0 Å². The van der Waals surface area contributed by atoms with E-state index in [0.717, 1.165) is 0 Å². The number of aliphatic hydroxyl groups excluding tert-OH is 1. The second-order valence-electron chi connectivity index (χ2n) is 4.96. The van der Waals surface area contributed by atoms with Gasteiger partial charge in [0.1, 0.15) is 23.2 Å². The topological polar surface area (TPSA) is 20.2 Å². The summed E-state index contributed by atoms with van der Waals surface area (Å²) in [5.74, 6) is 0. The second kappa shape index (κ2) is 7.56. The minimum absolute atomic E-state index is 0. The Labute approximate surface area is 138 Å². The molecule has 0 heterocycles. The molecule has 3 aromatic carbocycles. The third-order valence-corrected chi connectivity index (χ3v) is 7.77. The molecule has 0 atom stereocenters. The lowest BCUT2D eigenvalue weighted by molar-refractivity contribution is -0.00000485. The molecular weight excluding hydrogens is 311 g/mol. The van der Waals surface area contributed by atoms with Gasteiger partial charge in [-0.05, 0) is 36.4 Å². The molecule has 0 saturated carbocycles. The van der Waals surface area contributed by atoms with Crippen LogP contribution in [0.15, 0.2) is 91.0 Å². The average molecular weight is 329 g/mol. The van der Waals surface area contributed by atoms with E-state index in [1.54, 1.807) is 0 Å². The van der Waals surface area contributed by atoms with E-state index in [0.29, 0.717) is 0 Å². The average Bonchev–Trinajstić information content (AvgIpc) is 2.59. The van der Waals surface area contributed by atoms with Crippen LogP contribution >= 0.6 is 7.26 Å². The number of hydrogen-bond acceptors (Lipinski definition) is 1. The summed E-state index contributed by atoms with van der Waals surface area (Å²) in [6, 6.07) is 31.1. The maximum atomic E-state index is 10.4. The van der Waals surface area contributed by atoms with E-state index in [4.69, 9.17) is 0 Å². The van der Waals surface area contributed by atoms with Crippen molar-refractivity contribution in [3.63, 3.8) is 0 Å². The molecule has 0 spiro atoms. The molecule has 112 valence electrons. The van der Waals surface area contributed by atoms with Crippen LogP contribution in [0.2, 0.25) is 0 Å². The van der Waals surface area contributed by atoms with Crippen LogP contribution in [0, 0.1) is 0 Å². The number of aliphatic hydroxyl groups is 1. The molecule has 3 rings (SSSR count). The second-order valence-corrected chi connectivity index (χ2v) is 8.41. The number of rotatable bonds is 4. The zero-order valence-electron chi connectivity index (χ0n) is 12.1. The highest BCUT2D eigenvalue weighted by Crippen LogP contribution is 2.54. The first-order valence-corrected chi connectivity index (χ1v) is 9.01. The summed E-state index contributed by atoms with van der Waals surface area (Å²) in [7, 11) is -1.98. The van der Waals surface area contributed by atoms with E-state index >= 15 is 0 Å². The van der Waals surface area contributed by atoms with Gasteiger partial charge in [-0.2, -0.15) is 0 Å². The predicted octanol–water partition coefficient (Wildman–Crippen LogP) is -0.0657. The molecule has 0 fully saturated rings. The van der Waals surface area contributed by atoms with Crippen LogP contribution < -0.4 is 28.3 Å². The molecule has 0 amide bonds. The van der Waals surface area contributed by atoms with Crippen molar-refractivity contribution in [1.82, 2.24) is 0 Å². The molecule has 1 nitrogen and oxygen atoms in total. The SMILES string of the molecule is OC[P+](c1ccccc1)(c1ccccc1)c1ccccc1.[Cl-]. The molecule has 0 saturated heterocycles. The van der Waals surface area contributed by atoms with Crippen LogP contribution in [0.4, 0.5) is 0 Å². The van der Waals surface area contributed by atoms with E-state index in [1.165, 1.54) is 15.9 Å². The van der Waals surface area contributed by atoms with Gasteiger partial charge in [0.2, 0.25) is 0 Å². The highest BCUT2D eigenvalue weighted by molar-refractivity contribution is 7.95. The molecule has 0 bridgehead atoms. The van der Waals surface area contributed by atoms with Gasteiger partial charge >= 0.3 is 0 Å². The van der Waals surface area contributed by atoms with Gasteiger partial charge in [0.25, 0.3) is 0 Å². The molecule has 1 N–H and O–H groups in total. The van der Waals surface area contributed by atoms with Gasteiger partial charge in [-0.25, -0.2) is 0 Å². The fourth-order valence-electron chi connectivity index (χ4n) is 2.74. The lowest BCUT2D eigenvalue weighted by Gasteiger charge is -2.25. The van der Waals surface area contributed by atoms with Gasteiger partial charge in [0.05, 0.1) is 0 Å². The summed E-state index contributed by atoms with van der Waals surface area (Å²) in [5.41, 5.74) is 0. The largest absolute Gasteiger partial charge is 1.00 e. The Morgan fingerprint density at radius 3 is 1.05 bits per heavy atom. The summed E-state index contributed by atoms with van der Waals surface area (Å²) < 4.78 is 0. The third kappa shape index (κ3) is 2.94. The van der Waals surface area contributed by atoms with Crippen LogP contribution in [0.5, 0.6) is 0 Å². The predicted molar refractivity (Wildman–Crippen MR) is 92.2 cm³/mol. The molecular formula is C19H18ClOP. The van der Waals surface area contributed by atoms with Crippen LogP contribution in [0.25, 0.3) is 0 Å². The van der Waals surface area contributed by atoms with E-state index in [-0.39, 0.29) is 18.8 Å². The summed E-state index contributed by atoms with van der Waals surface area (Å²) in [6.07, 6.45) is 0.144. The monoisotopic (exact) mass is 328 g/mol. The normalized spacial score (nSPS) is 10.8. The standard InChI is InChI=1S/C19H18OP.ClH/c20-16-21(17-10-4-1-5-11-17,18-12-6-2-7-13-18)19-14-8-3-9-15-19;/h1-15,20H,16H2;1H/q+1;/p-1. The Morgan fingerprint density at radius 1 is 0.545 bits per heavy atom. The maximum Gasteiger partial charge on any atom is 0.168 e. The smallest absolute Gasteiger partial charge is 0.168 e. The van der Waals surface area contributed by atoms with Gasteiger partial charge in [0, 0.05) is 0 Å². The third-order valence-electron chi connectivity index (χ3n) is 3.80. The molecule has 0 aliphatic rings. The van der Waals surface area contributed by atoms with Crippen molar-refractivity contribution in [2.45, 2.75) is 0 Å². The zero-order valence-corrected chi connectivity index (χ0v) is 13.8. The van der Waals surface area contributed by atoms with Gasteiger partial charge in [-0.15, -0.1) is 0 Å². The van der Waals surface area contributed by atoms with Crippen molar-refractivity contribution in [3.05, 3.63) is 91.0 Å².